The molecule has 0 aliphatic rings. The number of anilines is 1. The minimum absolute atomic E-state index is 0.560. The van der Waals surface area contributed by atoms with Gasteiger partial charge in [-0.3, -0.25) is 0 Å². The molecule has 1 unspecified atom stereocenters. The van der Waals surface area contributed by atoms with E-state index in [9.17, 15) is 0 Å². The molecule has 1 aromatic carbocycles. The van der Waals surface area contributed by atoms with E-state index in [0.717, 1.165) is 13.1 Å². The Morgan fingerprint density at radius 2 is 1.81 bits per heavy atom. The van der Waals surface area contributed by atoms with E-state index in [-0.39, 0.29) is 0 Å². The molecule has 1 rings (SSSR count). The van der Waals surface area contributed by atoms with Crippen molar-refractivity contribution in [1.82, 2.24) is 5.32 Å². The molecule has 0 saturated carbocycles. The molecule has 2 nitrogen and oxygen atoms in total. The highest BCUT2D eigenvalue weighted by Gasteiger charge is 2.00. The molecule has 90 valence electrons. The van der Waals surface area contributed by atoms with Crippen molar-refractivity contribution in [3.8, 4) is 0 Å². The molecule has 0 bridgehead atoms. The van der Waals surface area contributed by atoms with Crippen molar-refractivity contribution in [2.45, 2.75) is 46.2 Å². The van der Waals surface area contributed by atoms with Gasteiger partial charge in [-0.2, -0.15) is 0 Å². The van der Waals surface area contributed by atoms with E-state index in [2.05, 4.69) is 55.7 Å². The fourth-order valence-corrected chi connectivity index (χ4v) is 1.78. The summed E-state index contributed by atoms with van der Waals surface area (Å²) in [5, 5.41) is 6.83. The van der Waals surface area contributed by atoms with Crippen LogP contribution in [0.25, 0.3) is 0 Å². The van der Waals surface area contributed by atoms with Crippen molar-refractivity contribution in [1.29, 1.82) is 0 Å². The molecule has 0 aliphatic heterocycles. The summed E-state index contributed by atoms with van der Waals surface area (Å²) in [6, 6.07) is 9.26. The van der Waals surface area contributed by atoms with E-state index in [4.69, 9.17) is 0 Å². The normalized spacial score (nSPS) is 12.4. The molecule has 0 saturated heterocycles. The van der Waals surface area contributed by atoms with Gasteiger partial charge in [0, 0.05) is 18.3 Å². The van der Waals surface area contributed by atoms with Crippen molar-refractivity contribution >= 4 is 5.69 Å². The van der Waals surface area contributed by atoms with E-state index in [1.165, 1.54) is 24.1 Å². The Morgan fingerprint density at radius 1 is 1.12 bits per heavy atom. The molecule has 0 aromatic heterocycles. The van der Waals surface area contributed by atoms with Gasteiger partial charge in [0.05, 0.1) is 0 Å². The maximum absolute atomic E-state index is 3.51. The third-order valence-corrected chi connectivity index (χ3v) is 2.67. The third kappa shape index (κ3) is 4.67. The summed E-state index contributed by atoms with van der Waals surface area (Å²) >= 11 is 0. The second-order valence-corrected chi connectivity index (χ2v) is 4.31. The van der Waals surface area contributed by atoms with Crippen LogP contribution in [0, 0.1) is 0 Å². The summed E-state index contributed by atoms with van der Waals surface area (Å²) in [5.74, 6) is 0. The average molecular weight is 220 g/mol. The number of nitrogens with one attached hydrogen (secondary N) is 2. The van der Waals surface area contributed by atoms with Crippen LogP contribution in [0.4, 0.5) is 5.69 Å². The fraction of sp³-hybridized carbons (Fsp3) is 0.571. The molecular weight excluding hydrogens is 196 g/mol. The minimum Gasteiger partial charge on any atom is -0.383 e. The van der Waals surface area contributed by atoms with Crippen LogP contribution in [0.15, 0.2) is 24.3 Å². The number of hydrogen-bond donors (Lipinski definition) is 2. The molecule has 0 fully saturated rings. The Morgan fingerprint density at radius 3 is 2.38 bits per heavy atom. The van der Waals surface area contributed by atoms with E-state index in [0.29, 0.717) is 6.04 Å². The predicted molar refractivity (Wildman–Crippen MR) is 71.8 cm³/mol. The van der Waals surface area contributed by atoms with E-state index < -0.39 is 0 Å². The number of benzene rings is 1. The van der Waals surface area contributed by atoms with Crippen LogP contribution in [0.1, 0.15) is 39.2 Å². The van der Waals surface area contributed by atoms with Crippen LogP contribution in [0.5, 0.6) is 0 Å². The molecule has 0 radical (unpaired) electrons. The lowest BCUT2D eigenvalue weighted by atomic mass is 10.1. The summed E-state index contributed by atoms with van der Waals surface area (Å²) in [5.41, 5.74) is 2.57. The van der Waals surface area contributed by atoms with Gasteiger partial charge in [-0.15, -0.1) is 0 Å². The standard InChI is InChI=1S/C14H24N2/c1-4-6-12(3)16-14-9-7-13(8-10-14)11-15-5-2/h7-10,12,15-16H,4-6,11H2,1-3H3. The molecule has 1 atom stereocenters. The lowest BCUT2D eigenvalue weighted by Gasteiger charge is -2.14. The van der Waals surface area contributed by atoms with Crippen LogP contribution in [-0.2, 0) is 6.54 Å². The van der Waals surface area contributed by atoms with Crippen LogP contribution in [0.2, 0.25) is 0 Å². The van der Waals surface area contributed by atoms with Crippen LogP contribution < -0.4 is 10.6 Å². The summed E-state index contributed by atoms with van der Waals surface area (Å²) < 4.78 is 0. The van der Waals surface area contributed by atoms with Crippen molar-refractivity contribution < 1.29 is 0 Å². The van der Waals surface area contributed by atoms with Crippen molar-refractivity contribution in [2.24, 2.45) is 0 Å². The lowest BCUT2D eigenvalue weighted by molar-refractivity contribution is 0.690. The molecule has 1 aromatic rings. The SMILES string of the molecule is CCCC(C)Nc1ccc(CNCC)cc1. The molecule has 0 amide bonds. The Labute approximate surface area is 99.5 Å². The second kappa shape index (κ2) is 7.29. The van der Waals surface area contributed by atoms with Crippen LogP contribution in [-0.4, -0.2) is 12.6 Å². The second-order valence-electron chi connectivity index (χ2n) is 4.31. The maximum Gasteiger partial charge on any atom is 0.0342 e. The average Bonchev–Trinajstić information content (AvgIpc) is 2.28. The molecule has 16 heavy (non-hydrogen) atoms. The summed E-state index contributed by atoms with van der Waals surface area (Å²) in [6.45, 7) is 8.56. The molecular formula is C14H24N2. The Kier molecular flexibility index (Phi) is 5.94. The number of rotatable bonds is 7. The van der Waals surface area contributed by atoms with Crippen molar-refractivity contribution in [3.63, 3.8) is 0 Å². The molecule has 2 heteroatoms. The predicted octanol–water partition coefficient (Wildman–Crippen LogP) is 3.40. The van der Waals surface area contributed by atoms with Crippen molar-refractivity contribution in [2.75, 3.05) is 11.9 Å². The van der Waals surface area contributed by atoms with Gasteiger partial charge in [-0.05, 0) is 37.6 Å². The van der Waals surface area contributed by atoms with Gasteiger partial charge in [-0.25, -0.2) is 0 Å². The zero-order chi connectivity index (χ0) is 11.8. The smallest absolute Gasteiger partial charge is 0.0342 e. The van der Waals surface area contributed by atoms with Gasteiger partial charge in [0.15, 0.2) is 0 Å². The first kappa shape index (κ1) is 13.0. The molecule has 0 spiro atoms. The Balaban J connectivity index is 2.44. The van der Waals surface area contributed by atoms with Crippen LogP contribution in [0.3, 0.4) is 0 Å². The van der Waals surface area contributed by atoms with Gasteiger partial charge < -0.3 is 10.6 Å². The molecule has 0 heterocycles. The van der Waals surface area contributed by atoms with Gasteiger partial charge in [-0.1, -0.05) is 32.4 Å². The van der Waals surface area contributed by atoms with E-state index >= 15 is 0 Å². The third-order valence-electron chi connectivity index (χ3n) is 2.67. The number of hydrogen-bond acceptors (Lipinski definition) is 2. The largest absolute Gasteiger partial charge is 0.383 e. The van der Waals surface area contributed by atoms with Gasteiger partial charge in [0.2, 0.25) is 0 Å². The highest BCUT2D eigenvalue weighted by atomic mass is 14.9. The van der Waals surface area contributed by atoms with Crippen LogP contribution >= 0.6 is 0 Å². The highest BCUT2D eigenvalue weighted by molar-refractivity contribution is 5.45. The molecule has 2 N–H and O–H groups in total. The summed E-state index contributed by atoms with van der Waals surface area (Å²) in [4.78, 5) is 0. The highest BCUT2D eigenvalue weighted by Crippen LogP contribution is 2.12. The zero-order valence-electron chi connectivity index (χ0n) is 10.7. The van der Waals surface area contributed by atoms with E-state index in [1.54, 1.807) is 0 Å². The summed E-state index contributed by atoms with van der Waals surface area (Å²) in [6.07, 6.45) is 2.45. The van der Waals surface area contributed by atoms with Crippen molar-refractivity contribution in [3.05, 3.63) is 29.8 Å². The Hall–Kier alpha value is -1.02. The first-order valence-electron chi connectivity index (χ1n) is 6.32. The quantitative estimate of drug-likeness (QED) is 0.736. The maximum atomic E-state index is 3.51. The van der Waals surface area contributed by atoms with Gasteiger partial charge in [0.25, 0.3) is 0 Å². The van der Waals surface area contributed by atoms with Gasteiger partial charge >= 0.3 is 0 Å². The lowest BCUT2D eigenvalue weighted by Crippen LogP contribution is -2.15. The first-order valence-corrected chi connectivity index (χ1v) is 6.32. The monoisotopic (exact) mass is 220 g/mol. The molecule has 0 aliphatic carbocycles. The van der Waals surface area contributed by atoms with Gasteiger partial charge in [0.1, 0.15) is 0 Å². The Bertz CT molecular complexity index is 279. The first-order chi connectivity index (χ1) is 7.76. The zero-order valence-corrected chi connectivity index (χ0v) is 10.7. The van der Waals surface area contributed by atoms with E-state index in [1.807, 2.05) is 0 Å². The fourth-order valence-electron chi connectivity index (χ4n) is 1.78. The minimum atomic E-state index is 0.560. The summed E-state index contributed by atoms with van der Waals surface area (Å²) in [7, 11) is 0. The topological polar surface area (TPSA) is 24.1 Å².